The second kappa shape index (κ2) is 8.64. The van der Waals surface area contributed by atoms with Crippen molar-refractivity contribution < 1.29 is 0 Å². The summed E-state index contributed by atoms with van der Waals surface area (Å²) < 4.78 is 0. The molecule has 17 heavy (non-hydrogen) atoms. The van der Waals surface area contributed by atoms with Gasteiger partial charge in [-0.1, -0.05) is 39.0 Å². The molecule has 0 fully saturated rings. The third-order valence-electron chi connectivity index (χ3n) is 2.87. The summed E-state index contributed by atoms with van der Waals surface area (Å²) in [6.07, 6.45) is 7.93. The molecule has 0 radical (unpaired) electrons. The summed E-state index contributed by atoms with van der Waals surface area (Å²) in [5, 5.41) is 12.1. The number of rotatable bonds is 8. The van der Waals surface area contributed by atoms with Gasteiger partial charge in [-0.25, -0.2) is 0 Å². The number of nitrogens with one attached hydrogen (secondary N) is 1. The molecule has 1 aromatic rings. The minimum atomic E-state index is 0.718. The van der Waals surface area contributed by atoms with Crippen molar-refractivity contribution in [1.29, 1.82) is 5.26 Å². The molecule has 0 spiro atoms. The molecule has 0 unspecified atom stereocenters. The first kappa shape index (κ1) is 13.6. The number of nitrogens with zero attached hydrogens (tertiary/aromatic N) is 1. The molecule has 0 aliphatic carbocycles. The van der Waals surface area contributed by atoms with E-state index in [0.717, 1.165) is 17.8 Å². The molecule has 0 amide bonds. The maximum Gasteiger partial charge on any atom is 0.0991 e. The van der Waals surface area contributed by atoms with Crippen LogP contribution in [0.1, 0.15) is 51.0 Å². The molecule has 1 rings (SSSR count). The Balaban J connectivity index is 2.08. The standard InChI is InChI=1S/C15H22N2/c1-2-3-4-5-6-7-12-17-15-10-8-14(13-16)9-11-15/h8-11,17H,2-7,12H2,1H3. The van der Waals surface area contributed by atoms with Gasteiger partial charge in [0.05, 0.1) is 11.6 Å². The molecule has 2 heteroatoms. The summed E-state index contributed by atoms with van der Waals surface area (Å²) in [6.45, 7) is 3.27. The number of nitriles is 1. The summed E-state index contributed by atoms with van der Waals surface area (Å²) in [5.41, 5.74) is 1.83. The Morgan fingerprint density at radius 2 is 1.65 bits per heavy atom. The molecular formula is C15H22N2. The lowest BCUT2D eigenvalue weighted by Gasteiger charge is -2.06. The van der Waals surface area contributed by atoms with Crippen LogP contribution in [0.4, 0.5) is 5.69 Å². The molecule has 0 aromatic heterocycles. The van der Waals surface area contributed by atoms with E-state index in [0.29, 0.717) is 0 Å². The molecule has 0 aliphatic rings. The predicted octanol–water partition coefficient (Wildman–Crippen LogP) is 4.33. The molecule has 92 valence electrons. The van der Waals surface area contributed by atoms with Crippen molar-refractivity contribution >= 4 is 5.69 Å². The number of hydrogen-bond donors (Lipinski definition) is 1. The Bertz CT molecular complexity index is 335. The minimum Gasteiger partial charge on any atom is -0.385 e. The zero-order chi connectivity index (χ0) is 12.3. The Kier molecular flexibility index (Phi) is 6.90. The fraction of sp³-hybridized carbons (Fsp3) is 0.533. The summed E-state index contributed by atoms with van der Waals surface area (Å²) >= 11 is 0. The van der Waals surface area contributed by atoms with E-state index in [1.165, 1.54) is 38.5 Å². The average molecular weight is 230 g/mol. The summed E-state index contributed by atoms with van der Waals surface area (Å²) in [4.78, 5) is 0. The highest BCUT2D eigenvalue weighted by atomic mass is 14.9. The Morgan fingerprint density at radius 3 is 2.29 bits per heavy atom. The van der Waals surface area contributed by atoms with Gasteiger partial charge in [-0.15, -0.1) is 0 Å². The van der Waals surface area contributed by atoms with Gasteiger partial charge < -0.3 is 5.32 Å². The summed E-state index contributed by atoms with van der Waals surface area (Å²) in [7, 11) is 0. The molecule has 1 aromatic carbocycles. The lowest BCUT2D eigenvalue weighted by molar-refractivity contribution is 0.617. The van der Waals surface area contributed by atoms with Crippen molar-refractivity contribution in [3.8, 4) is 6.07 Å². The van der Waals surface area contributed by atoms with Gasteiger partial charge in [0.15, 0.2) is 0 Å². The van der Waals surface area contributed by atoms with Crippen LogP contribution in [0.15, 0.2) is 24.3 Å². The third-order valence-corrected chi connectivity index (χ3v) is 2.87. The molecule has 0 aliphatic heterocycles. The normalized spacial score (nSPS) is 9.88. The zero-order valence-corrected chi connectivity index (χ0v) is 10.7. The maximum atomic E-state index is 8.67. The average Bonchev–Trinajstić information content (AvgIpc) is 2.38. The van der Waals surface area contributed by atoms with Gasteiger partial charge in [0.1, 0.15) is 0 Å². The fourth-order valence-electron chi connectivity index (χ4n) is 1.80. The van der Waals surface area contributed by atoms with Crippen molar-refractivity contribution in [3.05, 3.63) is 29.8 Å². The van der Waals surface area contributed by atoms with Crippen LogP contribution < -0.4 is 5.32 Å². The monoisotopic (exact) mass is 230 g/mol. The van der Waals surface area contributed by atoms with E-state index >= 15 is 0 Å². The van der Waals surface area contributed by atoms with Crippen molar-refractivity contribution in [2.24, 2.45) is 0 Å². The maximum absolute atomic E-state index is 8.67. The van der Waals surface area contributed by atoms with Gasteiger partial charge in [-0.3, -0.25) is 0 Å². The number of hydrogen-bond acceptors (Lipinski definition) is 2. The van der Waals surface area contributed by atoms with Crippen LogP contribution in [0, 0.1) is 11.3 Å². The minimum absolute atomic E-state index is 0.718. The van der Waals surface area contributed by atoms with E-state index in [4.69, 9.17) is 5.26 Å². The molecule has 0 heterocycles. The van der Waals surface area contributed by atoms with E-state index in [2.05, 4.69) is 18.3 Å². The van der Waals surface area contributed by atoms with Crippen LogP contribution in [0.2, 0.25) is 0 Å². The van der Waals surface area contributed by atoms with Crippen LogP contribution >= 0.6 is 0 Å². The molecule has 1 N–H and O–H groups in total. The van der Waals surface area contributed by atoms with Gasteiger partial charge in [-0.2, -0.15) is 5.26 Å². The molecular weight excluding hydrogens is 208 g/mol. The molecule has 0 saturated carbocycles. The van der Waals surface area contributed by atoms with Gasteiger partial charge in [0.25, 0.3) is 0 Å². The van der Waals surface area contributed by atoms with Crippen LogP contribution in [0.3, 0.4) is 0 Å². The first-order valence-electron chi connectivity index (χ1n) is 6.61. The molecule has 0 atom stereocenters. The number of unbranched alkanes of at least 4 members (excludes halogenated alkanes) is 5. The first-order valence-corrected chi connectivity index (χ1v) is 6.61. The van der Waals surface area contributed by atoms with Crippen LogP contribution in [0.25, 0.3) is 0 Å². The molecule has 0 saturated heterocycles. The van der Waals surface area contributed by atoms with Crippen LogP contribution in [-0.4, -0.2) is 6.54 Å². The van der Waals surface area contributed by atoms with E-state index in [1.54, 1.807) is 0 Å². The largest absolute Gasteiger partial charge is 0.385 e. The van der Waals surface area contributed by atoms with Crippen LogP contribution in [-0.2, 0) is 0 Å². The quantitative estimate of drug-likeness (QED) is 0.675. The van der Waals surface area contributed by atoms with Crippen molar-refractivity contribution in [2.75, 3.05) is 11.9 Å². The molecule has 2 nitrogen and oxygen atoms in total. The van der Waals surface area contributed by atoms with E-state index < -0.39 is 0 Å². The van der Waals surface area contributed by atoms with E-state index in [1.807, 2.05) is 24.3 Å². The number of anilines is 1. The van der Waals surface area contributed by atoms with Crippen molar-refractivity contribution in [2.45, 2.75) is 45.4 Å². The fourth-order valence-corrected chi connectivity index (χ4v) is 1.80. The highest BCUT2D eigenvalue weighted by molar-refractivity contribution is 5.46. The SMILES string of the molecule is CCCCCCCCNc1ccc(C#N)cc1. The summed E-state index contributed by atoms with van der Waals surface area (Å²) in [6, 6.07) is 9.76. The highest BCUT2D eigenvalue weighted by Gasteiger charge is 1.93. The first-order chi connectivity index (χ1) is 8.36. The number of benzene rings is 1. The van der Waals surface area contributed by atoms with Gasteiger partial charge in [0, 0.05) is 12.2 Å². The Morgan fingerprint density at radius 1 is 1.00 bits per heavy atom. The van der Waals surface area contributed by atoms with Gasteiger partial charge in [-0.05, 0) is 30.7 Å². The zero-order valence-electron chi connectivity index (χ0n) is 10.7. The molecule has 0 bridgehead atoms. The third kappa shape index (κ3) is 5.97. The van der Waals surface area contributed by atoms with Gasteiger partial charge in [0.2, 0.25) is 0 Å². The predicted molar refractivity (Wildman–Crippen MR) is 73.0 cm³/mol. The second-order valence-corrected chi connectivity index (χ2v) is 4.38. The Labute approximate surface area is 105 Å². The lowest BCUT2D eigenvalue weighted by Crippen LogP contribution is -2.01. The Hall–Kier alpha value is -1.49. The van der Waals surface area contributed by atoms with Crippen LogP contribution in [0.5, 0.6) is 0 Å². The van der Waals surface area contributed by atoms with E-state index in [-0.39, 0.29) is 0 Å². The smallest absolute Gasteiger partial charge is 0.0991 e. The van der Waals surface area contributed by atoms with Crippen molar-refractivity contribution in [3.63, 3.8) is 0 Å². The highest BCUT2D eigenvalue weighted by Crippen LogP contribution is 2.10. The topological polar surface area (TPSA) is 35.8 Å². The van der Waals surface area contributed by atoms with Crippen molar-refractivity contribution in [1.82, 2.24) is 0 Å². The van der Waals surface area contributed by atoms with E-state index in [9.17, 15) is 0 Å². The summed E-state index contributed by atoms with van der Waals surface area (Å²) in [5.74, 6) is 0. The second-order valence-electron chi connectivity index (χ2n) is 4.38. The van der Waals surface area contributed by atoms with Gasteiger partial charge >= 0.3 is 0 Å². The lowest BCUT2D eigenvalue weighted by atomic mass is 10.1.